The van der Waals surface area contributed by atoms with E-state index in [2.05, 4.69) is 0 Å². The minimum absolute atomic E-state index is 0.0182. The lowest BCUT2D eigenvalue weighted by Crippen LogP contribution is -2.36. The van der Waals surface area contributed by atoms with E-state index in [1.807, 2.05) is 30.3 Å². The Balaban J connectivity index is 2.11. The van der Waals surface area contributed by atoms with Crippen molar-refractivity contribution in [2.75, 3.05) is 13.2 Å². The summed E-state index contributed by atoms with van der Waals surface area (Å²) in [6.45, 7) is 0.0877. The molecule has 5 heteroatoms. The van der Waals surface area contributed by atoms with Crippen LogP contribution in [0, 0.1) is 0 Å². The molecule has 1 N–H and O–H groups in total. The van der Waals surface area contributed by atoms with E-state index >= 15 is 0 Å². The molecular weight excluding hydrogens is 238 g/mol. The van der Waals surface area contributed by atoms with Crippen molar-refractivity contribution in [3.8, 4) is 0 Å². The van der Waals surface area contributed by atoms with Crippen LogP contribution in [0.5, 0.6) is 0 Å². The smallest absolute Gasteiger partial charge is 0.218 e. The summed E-state index contributed by atoms with van der Waals surface area (Å²) in [6, 6.07) is 9.25. The van der Waals surface area contributed by atoms with E-state index in [0.29, 0.717) is 0 Å². The van der Waals surface area contributed by atoms with Crippen LogP contribution >= 0.6 is 0 Å². The molecule has 2 rings (SSSR count). The van der Waals surface area contributed by atoms with Gasteiger partial charge in [-0.05, 0) is 18.4 Å². The van der Waals surface area contributed by atoms with Crippen molar-refractivity contribution in [2.45, 2.75) is 24.6 Å². The van der Waals surface area contributed by atoms with E-state index < -0.39 is 10.0 Å². The highest BCUT2D eigenvalue weighted by atomic mass is 32.2. The number of rotatable bonds is 6. The van der Waals surface area contributed by atoms with Crippen molar-refractivity contribution >= 4 is 10.0 Å². The van der Waals surface area contributed by atoms with Gasteiger partial charge in [-0.2, -0.15) is 4.31 Å². The van der Waals surface area contributed by atoms with Gasteiger partial charge in [0.05, 0.1) is 12.4 Å². The quantitative estimate of drug-likeness (QED) is 0.824. The zero-order chi connectivity index (χ0) is 12.3. The van der Waals surface area contributed by atoms with Crippen LogP contribution in [0.15, 0.2) is 30.3 Å². The number of aliphatic hydroxyl groups is 1. The van der Waals surface area contributed by atoms with Gasteiger partial charge in [-0.1, -0.05) is 30.3 Å². The molecule has 94 valence electrons. The Morgan fingerprint density at radius 1 is 1.24 bits per heavy atom. The molecule has 0 unspecified atom stereocenters. The largest absolute Gasteiger partial charge is 0.395 e. The molecule has 0 heterocycles. The third kappa shape index (κ3) is 3.28. The Hall–Kier alpha value is -0.910. The average Bonchev–Trinajstić information content (AvgIpc) is 3.10. The first kappa shape index (κ1) is 12.5. The molecule has 4 nitrogen and oxygen atoms in total. The maximum absolute atomic E-state index is 12.2. The van der Waals surface area contributed by atoms with E-state index in [9.17, 15) is 8.42 Å². The Morgan fingerprint density at radius 3 is 2.41 bits per heavy atom. The molecule has 0 amide bonds. The van der Waals surface area contributed by atoms with Gasteiger partial charge in [-0.3, -0.25) is 0 Å². The normalized spacial score (nSPS) is 16.4. The van der Waals surface area contributed by atoms with Crippen LogP contribution in [0.3, 0.4) is 0 Å². The Bertz CT molecular complexity index is 454. The SMILES string of the molecule is O=S(=O)(Cc1ccccc1)N(CCO)C1CC1. The van der Waals surface area contributed by atoms with Gasteiger partial charge < -0.3 is 5.11 Å². The second-order valence-corrected chi connectivity index (χ2v) is 6.23. The maximum Gasteiger partial charge on any atom is 0.218 e. The van der Waals surface area contributed by atoms with Crippen LogP contribution in [0.1, 0.15) is 18.4 Å². The highest BCUT2D eigenvalue weighted by Crippen LogP contribution is 2.30. The first-order valence-corrected chi connectivity index (χ1v) is 7.39. The van der Waals surface area contributed by atoms with E-state index in [0.717, 1.165) is 18.4 Å². The number of sulfonamides is 1. The highest BCUT2D eigenvalue weighted by Gasteiger charge is 2.36. The number of benzene rings is 1. The van der Waals surface area contributed by atoms with Gasteiger partial charge in [0.1, 0.15) is 0 Å². The van der Waals surface area contributed by atoms with Gasteiger partial charge in [0.15, 0.2) is 0 Å². The molecule has 1 saturated carbocycles. The minimum Gasteiger partial charge on any atom is -0.395 e. The molecule has 1 aromatic carbocycles. The summed E-state index contributed by atoms with van der Waals surface area (Å²) in [4.78, 5) is 0. The van der Waals surface area contributed by atoms with E-state index in [4.69, 9.17) is 5.11 Å². The van der Waals surface area contributed by atoms with E-state index in [1.165, 1.54) is 4.31 Å². The first-order chi connectivity index (χ1) is 8.13. The van der Waals surface area contributed by atoms with Gasteiger partial charge in [-0.25, -0.2) is 8.42 Å². The summed E-state index contributed by atoms with van der Waals surface area (Å²) >= 11 is 0. The highest BCUT2D eigenvalue weighted by molar-refractivity contribution is 7.88. The summed E-state index contributed by atoms with van der Waals surface area (Å²) in [5, 5.41) is 8.94. The second kappa shape index (κ2) is 5.16. The first-order valence-electron chi connectivity index (χ1n) is 5.78. The molecule has 0 bridgehead atoms. The molecule has 0 atom stereocenters. The molecule has 1 aliphatic carbocycles. The predicted molar refractivity (Wildman–Crippen MR) is 65.9 cm³/mol. The molecule has 0 radical (unpaired) electrons. The van der Waals surface area contributed by atoms with Crippen molar-refractivity contribution in [2.24, 2.45) is 0 Å². The predicted octanol–water partition coefficient (Wildman–Crippen LogP) is 0.973. The maximum atomic E-state index is 12.2. The van der Waals surface area contributed by atoms with Crippen LogP contribution in [-0.4, -0.2) is 37.0 Å². The monoisotopic (exact) mass is 255 g/mol. The Kier molecular flexibility index (Phi) is 3.81. The van der Waals surface area contributed by atoms with Crippen molar-refractivity contribution in [3.63, 3.8) is 0 Å². The van der Waals surface area contributed by atoms with Crippen LogP contribution in [0.2, 0.25) is 0 Å². The van der Waals surface area contributed by atoms with Gasteiger partial charge in [0.25, 0.3) is 0 Å². The third-order valence-electron chi connectivity index (χ3n) is 2.82. The number of hydrogen-bond acceptors (Lipinski definition) is 3. The van der Waals surface area contributed by atoms with E-state index in [1.54, 1.807) is 0 Å². The zero-order valence-corrected chi connectivity index (χ0v) is 10.4. The fraction of sp³-hybridized carbons (Fsp3) is 0.500. The fourth-order valence-corrected chi connectivity index (χ4v) is 3.68. The average molecular weight is 255 g/mol. The van der Waals surface area contributed by atoms with Crippen molar-refractivity contribution in [1.29, 1.82) is 0 Å². The molecule has 0 spiro atoms. The lowest BCUT2D eigenvalue weighted by molar-refractivity contribution is 0.250. The molecular formula is C12H17NO3S. The standard InChI is InChI=1S/C12H17NO3S/c14-9-8-13(12-6-7-12)17(15,16)10-11-4-2-1-3-5-11/h1-5,12,14H,6-10H2. The topological polar surface area (TPSA) is 57.6 Å². The summed E-state index contributed by atoms with van der Waals surface area (Å²) < 4.78 is 25.8. The zero-order valence-electron chi connectivity index (χ0n) is 9.62. The third-order valence-corrected chi connectivity index (χ3v) is 4.72. The summed E-state index contributed by atoms with van der Waals surface area (Å²) in [5.74, 6) is 0.0182. The minimum atomic E-state index is -3.30. The molecule has 1 aromatic rings. The Labute approximate surface area is 102 Å². The van der Waals surface area contributed by atoms with Gasteiger partial charge in [0.2, 0.25) is 10.0 Å². The number of hydrogen-bond donors (Lipinski definition) is 1. The summed E-state index contributed by atoms with van der Waals surface area (Å²) in [7, 11) is -3.30. The van der Waals surface area contributed by atoms with Crippen LogP contribution < -0.4 is 0 Å². The number of aliphatic hydroxyl groups excluding tert-OH is 1. The fourth-order valence-electron chi connectivity index (χ4n) is 1.88. The second-order valence-electron chi connectivity index (χ2n) is 4.31. The molecule has 0 saturated heterocycles. The Morgan fingerprint density at radius 2 is 1.88 bits per heavy atom. The van der Waals surface area contributed by atoms with E-state index in [-0.39, 0.29) is 24.9 Å². The van der Waals surface area contributed by atoms with Gasteiger partial charge in [-0.15, -0.1) is 0 Å². The van der Waals surface area contributed by atoms with Crippen LogP contribution in [0.4, 0.5) is 0 Å². The lowest BCUT2D eigenvalue weighted by Gasteiger charge is -2.20. The van der Waals surface area contributed by atoms with Crippen LogP contribution in [0.25, 0.3) is 0 Å². The van der Waals surface area contributed by atoms with Crippen molar-refractivity contribution in [1.82, 2.24) is 4.31 Å². The molecule has 0 aromatic heterocycles. The molecule has 17 heavy (non-hydrogen) atoms. The molecule has 1 fully saturated rings. The lowest BCUT2D eigenvalue weighted by atomic mass is 10.2. The van der Waals surface area contributed by atoms with Gasteiger partial charge >= 0.3 is 0 Å². The summed E-state index contributed by atoms with van der Waals surface area (Å²) in [5.41, 5.74) is 0.788. The van der Waals surface area contributed by atoms with Crippen molar-refractivity contribution < 1.29 is 13.5 Å². The molecule has 0 aliphatic heterocycles. The summed E-state index contributed by atoms with van der Waals surface area (Å²) in [6.07, 6.45) is 1.82. The number of nitrogens with zero attached hydrogens (tertiary/aromatic N) is 1. The molecule has 1 aliphatic rings. The van der Waals surface area contributed by atoms with Gasteiger partial charge in [0, 0.05) is 12.6 Å². The van der Waals surface area contributed by atoms with Crippen molar-refractivity contribution in [3.05, 3.63) is 35.9 Å². The van der Waals surface area contributed by atoms with Crippen LogP contribution in [-0.2, 0) is 15.8 Å².